The Labute approximate surface area is 128 Å². The molecule has 0 saturated heterocycles. The molecule has 0 unspecified atom stereocenters. The van der Waals surface area contributed by atoms with Gasteiger partial charge in [0.1, 0.15) is 5.82 Å². The van der Waals surface area contributed by atoms with Crippen molar-refractivity contribution in [1.82, 2.24) is 5.32 Å². The summed E-state index contributed by atoms with van der Waals surface area (Å²) in [4.78, 5) is 23.3. The Kier molecular flexibility index (Phi) is 4.63. The number of imide groups is 1. The van der Waals surface area contributed by atoms with Gasteiger partial charge in [-0.15, -0.1) is 0 Å². The fourth-order valence-corrected chi connectivity index (χ4v) is 1.71. The number of amides is 3. The van der Waals surface area contributed by atoms with Gasteiger partial charge in [0.15, 0.2) is 0 Å². The van der Waals surface area contributed by atoms with Gasteiger partial charge in [-0.2, -0.15) is 13.2 Å². The molecule has 0 atom stereocenters. The maximum atomic E-state index is 12.7. The molecule has 0 heterocycles. The van der Waals surface area contributed by atoms with Crippen LogP contribution >= 0.6 is 0 Å². The minimum Gasteiger partial charge on any atom is -0.308 e. The zero-order chi connectivity index (χ0) is 17.0. The maximum Gasteiger partial charge on any atom is 0.416 e. The van der Waals surface area contributed by atoms with Crippen molar-refractivity contribution in [2.75, 3.05) is 5.32 Å². The predicted molar refractivity (Wildman–Crippen MR) is 74.3 cm³/mol. The summed E-state index contributed by atoms with van der Waals surface area (Å²) in [5.74, 6) is -1.36. The molecule has 2 aromatic carbocycles. The number of hydrogen-bond acceptors (Lipinski definition) is 2. The highest BCUT2D eigenvalue weighted by molar-refractivity contribution is 6.07. The second kappa shape index (κ2) is 6.47. The van der Waals surface area contributed by atoms with Crippen LogP contribution in [0.2, 0.25) is 0 Å². The molecule has 0 aliphatic carbocycles. The molecule has 23 heavy (non-hydrogen) atoms. The van der Waals surface area contributed by atoms with Crippen LogP contribution < -0.4 is 10.6 Å². The molecule has 8 heteroatoms. The molecule has 3 amide bonds. The standard InChI is InChI=1S/C15H10F4N2O2/c16-11-6-4-9(5-7-11)13(22)21-14(23)20-12-3-1-2-10(8-12)15(17,18)19/h1-8H,(H2,20,21,22,23). The van der Waals surface area contributed by atoms with Crippen molar-refractivity contribution in [2.45, 2.75) is 6.18 Å². The van der Waals surface area contributed by atoms with E-state index in [-0.39, 0.29) is 11.3 Å². The molecule has 0 saturated carbocycles. The summed E-state index contributed by atoms with van der Waals surface area (Å²) in [7, 11) is 0. The molecular weight excluding hydrogens is 316 g/mol. The summed E-state index contributed by atoms with van der Waals surface area (Å²) in [6.45, 7) is 0. The van der Waals surface area contributed by atoms with Gasteiger partial charge in [-0.25, -0.2) is 9.18 Å². The third-order valence-corrected chi connectivity index (χ3v) is 2.78. The van der Waals surface area contributed by atoms with Crippen LogP contribution in [-0.4, -0.2) is 11.9 Å². The maximum absolute atomic E-state index is 12.7. The lowest BCUT2D eigenvalue weighted by atomic mass is 10.2. The first-order valence-electron chi connectivity index (χ1n) is 6.31. The van der Waals surface area contributed by atoms with Gasteiger partial charge in [0, 0.05) is 11.3 Å². The second-order valence-corrected chi connectivity index (χ2v) is 4.49. The average molecular weight is 326 g/mol. The van der Waals surface area contributed by atoms with Crippen LogP contribution in [0.5, 0.6) is 0 Å². The Morgan fingerprint density at radius 1 is 0.957 bits per heavy atom. The van der Waals surface area contributed by atoms with Crippen LogP contribution in [0, 0.1) is 5.82 Å². The molecule has 0 radical (unpaired) electrons. The van der Waals surface area contributed by atoms with Crippen molar-refractivity contribution in [2.24, 2.45) is 0 Å². The van der Waals surface area contributed by atoms with Crippen molar-refractivity contribution in [1.29, 1.82) is 0 Å². The summed E-state index contributed by atoms with van der Waals surface area (Å²) in [6, 6.07) is 7.38. The van der Waals surface area contributed by atoms with Gasteiger partial charge in [0.25, 0.3) is 5.91 Å². The van der Waals surface area contributed by atoms with Crippen LogP contribution in [0.15, 0.2) is 48.5 Å². The average Bonchev–Trinajstić information content (AvgIpc) is 2.47. The van der Waals surface area contributed by atoms with Gasteiger partial charge in [-0.05, 0) is 42.5 Å². The van der Waals surface area contributed by atoms with Crippen molar-refractivity contribution in [3.8, 4) is 0 Å². The number of hydrogen-bond donors (Lipinski definition) is 2. The van der Waals surface area contributed by atoms with E-state index in [9.17, 15) is 27.2 Å². The van der Waals surface area contributed by atoms with Gasteiger partial charge in [-0.1, -0.05) is 6.07 Å². The Morgan fingerprint density at radius 2 is 1.61 bits per heavy atom. The topological polar surface area (TPSA) is 58.2 Å². The van der Waals surface area contributed by atoms with Gasteiger partial charge < -0.3 is 5.32 Å². The molecule has 120 valence electrons. The number of rotatable bonds is 2. The smallest absolute Gasteiger partial charge is 0.308 e. The van der Waals surface area contributed by atoms with Crippen molar-refractivity contribution in [3.63, 3.8) is 0 Å². The second-order valence-electron chi connectivity index (χ2n) is 4.49. The van der Waals surface area contributed by atoms with E-state index in [0.717, 1.165) is 30.3 Å². The predicted octanol–water partition coefficient (Wildman–Crippen LogP) is 3.81. The number of alkyl halides is 3. The Bertz CT molecular complexity index is 727. The molecule has 0 fully saturated rings. The molecule has 0 bridgehead atoms. The Balaban J connectivity index is 2.02. The van der Waals surface area contributed by atoms with Crippen molar-refractivity contribution < 1.29 is 27.2 Å². The minimum atomic E-state index is -4.54. The SMILES string of the molecule is O=C(NC(=O)c1ccc(F)cc1)Nc1cccc(C(F)(F)F)c1. The first kappa shape index (κ1) is 16.5. The summed E-state index contributed by atoms with van der Waals surface area (Å²) in [5, 5.41) is 4.05. The van der Waals surface area contributed by atoms with Gasteiger partial charge >= 0.3 is 12.2 Å². The van der Waals surface area contributed by atoms with E-state index in [1.165, 1.54) is 18.2 Å². The lowest BCUT2D eigenvalue weighted by Gasteiger charge is -2.10. The van der Waals surface area contributed by atoms with E-state index in [4.69, 9.17) is 0 Å². The zero-order valence-electron chi connectivity index (χ0n) is 11.4. The number of anilines is 1. The molecule has 0 spiro atoms. The molecule has 0 aromatic heterocycles. The zero-order valence-corrected chi connectivity index (χ0v) is 11.4. The molecular formula is C15H10F4N2O2. The molecule has 2 rings (SSSR count). The number of nitrogens with one attached hydrogen (secondary N) is 2. The van der Waals surface area contributed by atoms with Crippen molar-refractivity contribution in [3.05, 3.63) is 65.5 Å². The first-order chi connectivity index (χ1) is 10.8. The van der Waals surface area contributed by atoms with Gasteiger partial charge in [0.05, 0.1) is 5.56 Å². The number of urea groups is 1. The Hall–Kier alpha value is -2.90. The van der Waals surface area contributed by atoms with Crippen LogP contribution in [0.3, 0.4) is 0 Å². The quantitative estimate of drug-likeness (QED) is 0.825. The first-order valence-corrected chi connectivity index (χ1v) is 6.31. The van der Waals surface area contributed by atoms with E-state index in [1.54, 1.807) is 0 Å². The normalized spacial score (nSPS) is 11.0. The molecule has 4 nitrogen and oxygen atoms in total. The lowest BCUT2D eigenvalue weighted by molar-refractivity contribution is -0.137. The Morgan fingerprint density at radius 3 is 2.22 bits per heavy atom. The molecule has 2 aromatic rings. The highest BCUT2D eigenvalue weighted by Gasteiger charge is 2.30. The molecule has 0 aliphatic heterocycles. The summed E-state index contributed by atoms with van der Waals surface area (Å²) < 4.78 is 50.4. The molecule has 2 N–H and O–H groups in total. The highest BCUT2D eigenvalue weighted by Crippen LogP contribution is 2.30. The van der Waals surface area contributed by atoms with Gasteiger partial charge in [-0.3, -0.25) is 10.1 Å². The number of carbonyl (C=O) groups excluding carboxylic acids is 2. The summed E-state index contributed by atoms with van der Waals surface area (Å²) in [5.41, 5.74) is -1.02. The third kappa shape index (κ3) is 4.53. The minimum absolute atomic E-state index is 0.0330. The molecule has 0 aliphatic rings. The monoisotopic (exact) mass is 326 g/mol. The number of carbonyl (C=O) groups is 2. The van der Waals surface area contributed by atoms with Crippen LogP contribution in [0.1, 0.15) is 15.9 Å². The van der Waals surface area contributed by atoms with E-state index < -0.39 is 29.5 Å². The van der Waals surface area contributed by atoms with Crippen LogP contribution in [0.25, 0.3) is 0 Å². The summed E-state index contributed by atoms with van der Waals surface area (Å²) in [6.07, 6.45) is -4.54. The lowest BCUT2D eigenvalue weighted by Crippen LogP contribution is -2.34. The van der Waals surface area contributed by atoms with Gasteiger partial charge in [0.2, 0.25) is 0 Å². The third-order valence-electron chi connectivity index (χ3n) is 2.78. The number of benzene rings is 2. The van der Waals surface area contributed by atoms with Crippen LogP contribution in [0.4, 0.5) is 28.0 Å². The largest absolute Gasteiger partial charge is 0.416 e. The fraction of sp³-hybridized carbons (Fsp3) is 0.0667. The van der Waals surface area contributed by atoms with E-state index in [1.807, 2.05) is 5.32 Å². The highest BCUT2D eigenvalue weighted by atomic mass is 19.4. The van der Waals surface area contributed by atoms with E-state index in [2.05, 4.69) is 5.32 Å². The van der Waals surface area contributed by atoms with E-state index in [0.29, 0.717) is 0 Å². The van der Waals surface area contributed by atoms with E-state index >= 15 is 0 Å². The van der Waals surface area contributed by atoms with Crippen LogP contribution in [-0.2, 0) is 6.18 Å². The number of halogens is 4. The summed E-state index contributed by atoms with van der Waals surface area (Å²) >= 11 is 0. The van der Waals surface area contributed by atoms with Crippen molar-refractivity contribution >= 4 is 17.6 Å². The fourth-order valence-electron chi connectivity index (χ4n) is 1.71.